The van der Waals surface area contributed by atoms with E-state index in [0.29, 0.717) is 24.7 Å². The normalized spacial score (nSPS) is 17.8. The zero-order chi connectivity index (χ0) is 11.8. The van der Waals surface area contributed by atoms with Gasteiger partial charge < -0.3 is 19.3 Å². The van der Waals surface area contributed by atoms with Crippen molar-refractivity contribution in [3.8, 4) is 11.5 Å². The number of hydrogen-bond acceptors (Lipinski definition) is 4. The minimum Gasteiger partial charge on any atom is -0.493 e. The van der Waals surface area contributed by atoms with Gasteiger partial charge in [0.2, 0.25) is 0 Å². The minimum atomic E-state index is -0.871. The Morgan fingerprint density at radius 2 is 1.75 bits per heavy atom. The summed E-state index contributed by atoms with van der Waals surface area (Å²) in [6, 6.07) is 3.68. The van der Waals surface area contributed by atoms with E-state index in [-0.39, 0.29) is 0 Å². The van der Waals surface area contributed by atoms with E-state index >= 15 is 0 Å². The summed E-state index contributed by atoms with van der Waals surface area (Å²) in [6.07, 6.45) is 0. The summed E-state index contributed by atoms with van der Waals surface area (Å²) in [6.45, 7) is 2.61. The number of aryl methyl sites for hydroxylation is 1. The Bertz CT molecular complexity index is 396. The van der Waals surface area contributed by atoms with Crippen molar-refractivity contribution >= 4 is 0 Å². The van der Waals surface area contributed by atoms with E-state index < -0.39 is 5.60 Å². The highest BCUT2D eigenvalue weighted by atomic mass is 16.5. The summed E-state index contributed by atoms with van der Waals surface area (Å²) in [4.78, 5) is 0. The van der Waals surface area contributed by atoms with Crippen LogP contribution < -0.4 is 9.47 Å². The maximum absolute atomic E-state index is 10.2. The van der Waals surface area contributed by atoms with Crippen LogP contribution in [0.25, 0.3) is 0 Å². The van der Waals surface area contributed by atoms with E-state index in [2.05, 4.69) is 0 Å². The molecule has 1 aromatic carbocycles. The highest BCUT2D eigenvalue weighted by Gasteiger charge is 2.39. The van der Waals surface area contributed by atoms with Gasteiger partial charge in [-0.05, 0) is 30.2 Å². The molecule has 1 saturated heterocycles. The Morgan fingerprint density at radius 1 is 1.19 bits per heavy atom. The standard InChI is InChI=1S/C12H16O4/c1-8-4-10(14-2)11(15-3)5-9(8)12(13)6-16-7-12/h4-5,13H,6-7H2,1-3H3. The van der Waals surface area contributed by atoms with Crippen LogP contribution in [0.5, 0.6) is 11.5 Å². The molecule has 4 nitrogen and oxygen atoms in total. The van der Waals surface area contributed by atoms with Gasteiger partial charge in [0.05, 0.1) is 27.4 Å². The van der Waals surface area contributed by atoms with Crippen LogP contribution in [0.4, 0.5) is 0 Å². The molecule has 0 radical (unpaired) electrons. The Kier molecular flexibility index (Phi) is 2.78. The Balaban J connectivity index is 2.46. The lowest BCUT2D eigenvalue weighted by atomic mass is 9.88. The fraction of sp³-hybridized carbons (Fsp3) is 0.500. The number of ether oxygens (including phenoxy) is 3. The quantitative estimate of drug-likeness (QED) is 0.839. The van der Waals surface area contributed by atoms with Gasteiger partial charge in [-0.15, -0.1) is 0 Å². The molecule has 2 rings (SSSR count). The van der Waals surface area contributed by atoms with Crippen molar-refractivity contribution < 1.29 is 19.3 Å². The number of methoxy groups -OCH3 is 2. The number of benzene rings is 1. The van der Waals surface area contributed by atoms with Gasteiger partial charge in [-0.1, -0.05) is 0 Å². The van der Waals surface area contributed by atoms with Crippen LogP contribution in [0.15, 0.2) is 12.1 Å². The Labute approximate surface area is 94.8 Å². The van der Waals surface area contributed by atoms with Crippen molar-refractivity contribution in [1.82, 2.24) is 0 Å². The van der Waals surface area contributed by atoms with E-state index in [9.17, 15) is 5.11 Å². The van der Waals surface area contributed by atoms with Gasteiger partial charge in [0.1, 0.15) is 5.60 Å². The molecule has 1 heterocycles. The number of aliphatic hydroxyl groups is 1. The second-order valence-corrected chi connectivity index (χ2v) is 4.05. The van der Waals surface area contributed by atoms with Gasteiger partial charge in [0.15, 0.2) is 11.5 Å². The number of hydrogen-bond donors (Lipinski definition) is 1. The molecule has 0 spiro atoms. The lowest BCUT2D eigenvalue weighted by Gasteiger charge is -2.38. The van der Waals surface area contributed by atoms with Crippen molar-refractivity contribution in [2.24, 2.45) is 0 Å². The van der Waals surface area contributed by atoms with Gasteiger partial charge in [-0.2, -0.15) is 0 Å². The van der Waals surface area contributed by atoms with Crippen LogP contribution in [0.1, 0.15) is 11.1 Å². The highest BCUT2D eigenvalue weighted by molar-refractivity contribution is 5.49. The van der Waals surface area contributed by atoms with Gasteiger partial charge in [-0.25, -0.2) is 0 Å². The summed E-state index contributed by atoms with van der Waals surface area (Å²) >= 11 is 0. The van der Waals surface area contributed by atoms with Crippen LogP contribution in [0, 0.1) is 6.92 Å². The first kappa shape index (κ1) is 11.2. The van der Waals surface area contributed by atoms with Crippen molar-refractivity contribution in [2.45, 2.75) is 12.5 Å². The predicted octanol–water partition coefficient (Wildman–Crippen LogP) is 1.23. The maximum Gasteiger partial charge on any atom is 0.161 e. The first-order chi connectivity index (χ1) is 7.60. The molecule has 0 unspecified atom stereocenters. The molecule has 1 N–H and O–H groups in total. The zero-order valence-electron chi connectivity index (χ0n) is 9.74. The zero-order valence-corrected chi connectivity index (χ0v) is 9.74. The molecular weight excluding hydrogens is 208 g/mol. The largest absolute Gasteiger partial charge is 0.493 e. The second-order valence-electron chi connectivity index (χ2n) is 4.05. The molecular formula is C12H16O4. The highest BCUT2D eigenvalue weighted by Crippen LogP contribution is 2.38. The minimum absolute atomic E-state index is 0.337. The van der Waals surface area contributed by atoms with Gasteiger partial charge in [0.25, 0.3) is 0 Å². The first-order valence-electron chi connectivity index (χ1n) is 5.14. The molecule has 1 aliphatic rings. The Morgan fingerprint density at radius 3 is 2.19 bits per heavy atom. The number of rotatable bonds is 3. The van der Waals surface area contributed by atoms with Crippen molar-refractivity contribution in [3.63, 3.8) is 0 Å². The topological polar surface area (TPSA) is 47.9 Å². The fourth-order valence-electron chi connectivity index (χ4n) is 1.93. The van der Waals surface area contributed by atoms with Crippen LogP contribution >= 0.6 is 0 Å². The average Bonchev–Trinajstić information content (AvgIpc) is 2.25. The van der Waals surface area contributed by atoms with Crippen molar-refractivity contribution in [1.29, 1.82) is 0 Å². The fourth-order valence-corrected chi connectivity index (χ4v) is 1.93. The molecule has 0 amide bonds. The van der Waals surface area contributed by atoms with Crippen molar-refractivity contribution in [2.75, 3.05) is 27.4 Å². The molecule has 0 bridgehead atoms. The lowest BCUT2D eigenvalue weighted by Crippen LogP contribution is -2.47. The molecule has 0 aromatic heterocycles. The molecule has 4 heteroatoms. The van der Waals surface area contributed by atoms with E-state index in [1.807, 2.05) is 19.1 Å². The first-order valence-corrected chi connectivity index (χ1v) is 5.14. The van der Waals surface area contributed by atoms with Crippen LogP contribution in [-0.4, -0.2) is 32.5 Å². The molecule has 0 atom stereocenters. The summed E-state index contributed by atoms with van der Waals surface area (Å²) in [5, 5.41) is 10.2. The monoisotopic (exact) mass is 224 g/mol. The van der Waals surface area contributed by atoms with E-state index in [1.54, 1.807) is 14.2 Å². The third-order valence-electron chi connectivity index (χ3n) is 2.91. The predicted molar refractivity (Wildman–Crippen MR) is 59.0 cm³/mol. The molecule has 1 aromatic rings. The van der Waals surface area contributed by atoms with E-state index in [0.717, 1.165) is 11.1 Å². The van der Waals surface area contributed by atoms with Crippen LogP contribution in [-0.2, 0) is 10.3 Å². The van der Waals surface area contributed by atoms with Crippen molar-refractivity contribution in [3.05, 3.63) is 23.3 Å². The van der Waals surface area contributed by atoms with E-state index in [4.69, 9.17) is 14.2 Å². The molecule has 0 aliphatic carbocycles. The molecule has 16 heavy (non-hydrogen) atoms. The van der Waals surface area contributed by atoms with E-state index in [1.165, 1.54) is 0 Å². The molecule has 88 valence electrons. The summed E-state index contributed by atoms with van der Waals surface area (Å²) in [5.41, 5.74) is 0.948. The van der Waals surface area contributed by atoms with Gasteiger partial charge in [0, 0.05) is 0 Å². The smallest absolute Gasteiger partial charge is 0.161 e. The van der Waals surface area contributed by atoms with Gasteiger partial charge in [-0.3, -0.25) is 0 Å². The third kappa shape index (κ3) is 1.64. The summed E-state index contributed by atoms with van der Waals surface area (Å²) in [5.74, 6) is 1.30. The summed E-state index contributed by atoms with van der Waals surface area (Å²) < 4.78 is 15.5. The molecule has 1 fully saturated rings. The lowest BCUT2D eigenvalue weighted by molar-refractivity contribution is -0.185. The second kappa shape index (κ2) is 3.96. The summed E-state index contributed by atoms with van der Waals surface area (Å²) in [7, 11) is 3.18. The van der Waals surface area contributed by atoms with Crippen LogP contribution in [0.2, 0.25) is 0 Å². The van der Waals surface area contributed by atoms with Gasteiger partial charge >= 0.3 is 0 Å². The molecule has 1 aliphatic heterocycles. The molecule has 0 saturated carbocycles. The SMILES string of the molecule is COc1cc(C)c(C2(O)COC2)cc1OC. The van der Waals surface area contributed by atoms with Crippen LogP contribution in [0.3, 0.4) is 0 Å². The third-order valence-corrected chi connectivity index (χ3v) is 2.91. The Hall–Kier alpha value is -1.26. The average molecular weight is 224 g/mol. The maximum atomic E-state index is 10.2.